The third-order valence-corrected chi connectivity index (χ3v) is 3.84. The largest absolute Gasteiger partial charge is 0.462 e. The van der Waals surface area contributed by atoms with Crippen molar-refractivity contribution in [1.29, 1.82) is 0 Å². The minimum Gasteiger partial charge on any atom is -0.462 e. The Morgan fingerprint density at radius 1 is 1.52 bits per heavy atom. The van der Waals surface area contributed by atoms with Crippen LogP contribution in [0.15, 0.2) is 29.1 Å². The lowest BCUT2D eigenvalue weighted by Gasteiger charge is -2.01. The number of nitrogens with zero attached hydrogens (tertiary/aromatic N) is 3. The van der Waals surface area contributed by atoms with Gasteiger partial charge in [-0.15, -0.1) is 11.3 Å². The van der Waals surface area contributed by atoms with Crippen LogP contribution in [-0.4, -0.2) is 32.6 Å². The molecule has 0 atom stereocenters. The maximum absolute atomic E-state index is 12.1. The summed E-state index contributed by atoms with van der Waals surface area (Å²) in [6, 6.07) is 3.62. The molecule has 0 aliphatic carbocycles. The molecule has 7 nitrogen and oxygen atoms in total. The molecular formula is C13H13N5O2S. The summed E-state index contributed by atoms with van der Waals surface area (Å²) >= 11 is 1.44. The Morgan fingerprint density at radius 2 is 2.43 bits per heavy atom. The predicted molar refractivity (Wildman–Crippen MR) is 77.0 cm³/mol. The molecule has 2 N–H and O–H groups in total. The third-order valence-electron chi connectivity index (χ3n) is 2.86. The van der Waals surface area contributed by atoms with Crippen LogP contribution in [0.2, 0.25) is 0 Å². The molecule has 0 fully saturated rings. The highest BCUT2D eigenvalue weighted by atomic mass is 32.1. The lowest BCUT2D eigenvalue weighted by molar-refractivity contribution is 0.0949. The molecule has 0 unspecified atom stereocenters. The summed E-state index contributed by atoms with van der Waals surface area (Å²) in [7, 11) is 0. The lowest BCUT2D eigenvalue weighted by Crippen LogP contribution is -2.26. The van der Waals surface area contributed by atoms with Crippen LogP contribution in [0.5, 0.6) is 0 Å². The van der Waals surface area contributed by atoms with E-state index >= 15 is 0 Å². The second-order valence-electron chi connectivity index (χ2n) is 4.34. The number of carbonyl (C=O) groups excluding carboxylic acids is 1. The van der Waals surface area contributed by atoms with Gasteiger partial charge in [-0.05, 0) is 19.1 Å². The average molecular weight is 303 g/mol. The van der Waals surface area contributed by atoms with E-state index in [4.69, 9.17) is 4.42 Å². The van der Waals surface area contributed by atoms with E-state index in [0.29, 0.717) is 29.4 Å². The number of aryl methyl sites for hydroxylation is 1. The van der Waals surface area contributed by atoms with E-state index in [0.717, 1.165) is 10.7 Å². The summed E-state index contributed by atoms with van der Waals surface area (Å²) in [6.45, 7) is 2.34. The molecule has 3 rings (SSSR count). The first-order valence-electron chi connectivity index (χ1n) is 6.38. The van der Waals surface area contributed by atoms with Gasteiger partial charge >= 0.3 is 0 Å². The smallest absolute Gasteiger partial charge is 0.271 e. The van der Waals surface area contributed by atoms with E-state index in [1.807, 2.05) is 13.0 Å². The van der Waals surface area contributed by atoms with E-state index in [9.17, 15) is 4.79 Å². The molecule has 1 amide bonds. The van der Waals surface area contributed by atoms with Crippen LogP contribution in [0.25, 0.3) is 10.8 Å². The molecule has 0 bridgehead atoms. The predicted octanol–water partition coefficient (Wildman–Crippen LogP) is 1.80. The van der Waals surface area contributed by atoms with Gasteiger partial charge in [0.25, 0.3) is 5.91 Å². The minimum absolute atomic E-state index is 0.193. The van der Waals surface area contributed by atoms with E-state index in [-0.39, 0.29) is 5.91 Å². The fraction of sp³-hybridized carbons (Fsp3) is 0.231. The van der Waals surface area contributed by atoms with Gasteiger partial charge in [0, 0.05) is 17.8 Å². The summed E-state index contributed by atoms with van der Waals surface area (Å²) in [5.74, 6) is 1.21. The van der Waals surface area contributed by atoms with Crippen LogP contribution in [0.1, 0.15) is 21.2 Å². The van der Waals surface area contributed by atoms with Gasteiger partial charge in [-0.25, -0.2) is 9.97 Å². The van der Waals surface area contributed by atoms with Crippen LogP contribution >= 0.6 is 11.3 Å². The quantitative estimate of drug-likeness (QED) is 0.749. The van der Waals surface area contributed by atoms with Crippen LogP contribution in [0, 0.1) is 6.92 Å². The first kappa shape index (κ1) is 13.5. The van der Waals surface area contributed by atoms with Crippen molar-refractivity contribution in [3.05, 3.63) is 41.1 Å². The fourth-order valence-electron chi connectivity index (χ4n) is 1.84. The lowest BCUT2D eigenvalue weighted by atomic mass is 10.3. The van der Waals surface area contributed by atoms with Crippen molar-refractivity contribution in [2.75, 3.05) is 6.54 Å². The Bertz CT molecular complexity index is 718. The summed E-state index contributed by atoms with van der Waals surface area (Å²) in [5, 5.41) is 10.0. The average Bonchev–Trinajstić information content (AvgIpc) is 3.19. The van der Waals surface area contributed by atoms with Crippen LogP contribution in [0.3, 0.4) is 0 Å². The molecule has 108 valence electrons. The number of carbonyl (C=O) groups is 1. The van der Waals surface area contributed by atoms with E-state index < -0.39 is 0 Å². The topological polar surface area (TPSA) is 96.7 Å². The number of nitrogens with one attached hydrogen (secondary N) is 2. The van der Waals surface area contributed by atoms with Crippen molar-refractivity contribution in [3.8, 4) is 10.8 Å². The summed E-state index contributed by atoms with van der Waals surface area (Å²) < 4.78 is 5.29. The molecule has 0 aromatic carbocycles. The fourth-order valence-corrected chi connectivity index (χ4v) is 2.72. The molecule has 0 aliphatic heterocycles. The van der Waals surface area contributed by atoms with Crippen molar-refractivity contribution in [3.63, 3.8) is 0 Å². The molecule has 0 aliphatic rings. The number of hydrogen-bond acceptors (Lipinski definition) is 6. The van der Waals surface area contributed by atoms with Crippen molar-refractivity contribution in [1.82, 2.24) is 25.5 Å². The van der Waals surface area contributed by atoms with Gasteiger partial charge in [0.15, 0.2) is 10.8 Å². The number of amides is 1. The number of thiazole rings is 1. The molecule has 3 aromatic heterocycles. The van der Waals surface area contributed by atoms with Crippen LogP contribution in [-0.2, 0) is 6.42 Å². The van der Waals surface area contributed by atoms with Crippen LogP contribution in [0.4, 0.5) is 0 Å². The first-order chi connectivity index (χ1) is 10.2. The van der Waals surface area contributed by atoms with E-state index in [2.05, 4.69) is 25.5 Å². The number of furan rings is 1. The number of aromatic amines is 1. The molecular weight excluding hydrogens is 290 g/mol. The Morgan fingerprint density at radius 3 is 3.14 bits per heavy atom. The monoisotopic (exact) mass is 303 g/mol. The van der Waals surface area contributed by atoms with Crippen molar-refractivity contribution in [2.45, 2.75) is 13.3 Å². The summed E-state index contributed by atoms with van der Waals surface area (Å²) in [6.07, 6.45) is 3.63. The molecule has 3 heterocycles. The number of hydrogen-bond donors (Lipinski definition) is 2. The van der Waals surface area contributed by atoms with Crippen molar-refractivity contribution in [2.24, 2.45) is 0 Å². The summed E-state index contributed by atoms with van der Waals surface area (Å²) in [4.78, 5) is 21.3. The Kier molecular flexibility index (Phi) is 3.78. The summed E-state index contributed by atoms with van der Waals surface area (Å²) in [5.41, 5.74) is 0.434. The molecule has 8 heteroatoms. The zero-order valence-electron chi connectivity index (χ0n) is 11.3. The van der Waals surface area contributed by atoms with Crippen molar-refractivity contribution < 1.29 is 9.21 Å². The van der Waals surface area contributed by atoms with Gasteiger partial charge in [-0.2, -0.15) is 5.10 Å². The number of H-pyrrole nitrogens is 1. The zero-order valence-corrected chi connectivity index (χ0v) is 12.1. The van der Waals surface area contributed by atoms with Gasteiger partial charge in [-0.3, -0.25) is 9.89 Å². The molecule has 0 saturated heterocycles. The third kappa shape index (κ3) is 3.00. The van der Waals surface area contributed by atoms with Crippen molar-refractivity contribution >= 4 is 17.2 Å². The highest BCUT2D eigenvalue weighted by Gasteiger charge is 2.17. The van der Waals surface area contributed by atoms with Gasteiger partial charge in [-0.1, -0.05) is 0 Å². The Balaban J connectivity index is 1.64. The highest BCUT2D eigenvalue weighted by Crippen LogP contribution is 2.27. The second-order valence-corrected chi connectivity index (χ2v) is 5.54. The number of aromatic nitrogens is 4. The van der Waals surface area contributed by atoms with Gasteiger partial charge in [0.2, 0.25) is 0 Å². The van der Waals surface area contributed by atoms with Crippen LogP contribution < -0.4 is 5.32 Å². The molecule has 0 radical (unpaired) electrons. The molecule has 0 spiro atoms. The highest BCUT2D eigenvalue weighted by molar-refractivity contribution is 7.15. The Labute approximate surface area is 124 Å². The molecule has 0 saturated carbocycles. The van der Waals surface area contributed by atoms with E-state index in [1.165, 1.54) is 17.7 Å². The Hall–Kier alpha value is -2.48. The van der Waals surface area contributed by atoms with Gasteiger partial charge in [0.05, 0.1) is 6.26 Å². The SMILES string of the molecule is Cc1sc(-c2ccco2)nc1C(=O)NCCc1ncn[nH]1. The normalized spacial score (nSPS) is 10.7. The zero-order chi connectivity index (χ0) is 14.7. The first-order valence-corrected chi connectivity index (χ1v) is 7.19. The van der Waals surface area contributed by atoms with E-state index in [1.54, 1.807) is 12.3 Å². The number of rotatable bonds is 5. The van der Waals surface area contributed by atoms with Gasteiger partial charge < -0.3 is 9.73 Å². The van der Waals surface area contributed by atoms with Gasteiger partial charge in [0.1, 0.15) is 17.8 Å². The maximum atomic E-state index is 12.1. The standard InChI is InChI=1S/C13H13N5O2S/c1-8-11(17-13(21-8)9-3-2-6-20-9)12(19)14-5-4-10-15-7-16-18-10/h2-3,6-7H,4-5H2,1H3,(H,14,19)(H,15,16,18). The maximum Gasteiger partial charge on any atom is 0.271 e. The molecule has 3 aromatic rings. The second kappa shape index (κ2) is 5.88. The minimum atomic E-state index is -0.193. The molecule has 21 heavy (non-hydrogen) atoms.